The molecule has 0 radical (unpaired) electrons. The van der Waals surface area contributed by atoms with E-state index >= 15 is 0 Å². The molecule has 2 fully saturated rings. The Morgan fingerprint density at radius 3 is 2.19 bits per heavy atom. The molecule has 37 heavy (non-hydrogen) atoms. The summed E-state index contributed by atoms with van der Waals surface area (Å²) in [5, 5.41) is 7.57. The lowest BCUT2D eigenvalue weighted by Gasteiger charge is -2.35. The van der Waals surface area contributed by atoms with E-state index in [1.165, 1.54) is 47.4 Å². The average molecular weight is 531 g/mol. The van der Waals surface area contributed by atoms with E-state index in [1.54, 1.807) is 17.0 Å². The van der Waals surface area contributed by atoms with Crippen molar-refractivity contribution in [1.29, 1.82) is 0 Å². The molecule has 13 nitrogen and oxygen atoms in total. The summed E-state index contributed by atoms with van der Waals surface area (Å²) in [5.41, 5.74) is 1.56. The topological polar surface area (TPSA) is 156 Å². The van der Waals surface area contributed by atoms with Gasteiger partial charge in [0.15, 0.2) is 11.5 Å². The van der Waals surface area contributed by atoms with Gasteiger partial charge in [-0.15, -0.1) is 10.2 Å². The molecule has 0 saturated heterocycles. The van der Waals surface area contributed by atoms with Gasteiger partial charge in [0.2, 0.25) is 27.7 Å². The third kappa shape index (κ3) is 4.59. The van der Waals surface area contributed by atoms with Crippen molar-refractivity contribution < 1.29 is 22.6 Å². The summed E-state index contributed by atoms with van der Waals surface area (Å²) in [5.74, 6) is 1.34. The maximum absolute atomic E-state index is 13.6. The van der Waals surface area contributed by atoms with Gasteiger partial charge in [-0.05, 0) is 50.5 Å². The van der Waals surface area contributed by atoms with E-state index in [4.69, 9.17) is 14.2 Å². The Kier molecular flexibility index (Phi) is 6.48. The van der Waals surface area contributed by atoms with Gasteiger partial charge in [-0.2, -0.15) is 9.97 Å². The lowest BCUT2D eigenvalue weighted by Crippen LogP contribution is -2.34. The second-order valence-corrected chi connectivity index (χ2v) is 11.7. The van der Waals surface area contributed by atoms with Crippen molar-refractivity contribution in [1.82, 2.24) is 34.7 Å². The quantitative estimate of drug-likeness (QED) is 0.410. The molecule has 3 aromatic rings. The second kappa shape index (κ2) is 9.49. The van der Waals surface area contributed by atoms with Crippen LogP contribution in [0.15, 0.2) is 18.7 Å². The van der Waals surface area contributed by atoms with Crippen molar-refractivity contribution in [2.45, 2.75) is 56.8 Å². The summed E-state index contributed by atoms with van der Waals surface area (Å²) in [6.07, 6.45) is 7.95. The fourth-order valence-corrected chi connectivity index (χ4v) is 6.01. The molecule has 0 aliphatic heterocycles. The molecule has 2 saturated carbocycles. The van der Waals surface area contributed by atoms with Crippen LogP contribution >= 0.6 is 0 Å². The number of aromatic nitrogens is 7. The molecule has 5 rings (SSSR count). The molecule has 1 spiro atoms. The Morgan fingerprint density at radius 1 is 1.03 bits per heavy atom. The van der Waals surface area contributed by atoms with Crippen LogP contribution in [0, 0.1) is 12.3 Å². The van der Waals surface area contributed by atoms with Crippen molar-refractivity contribution >= 4 is 16.0 Å². The number of methoxy groups -OCH3 is 3. The van der Waals surface area contributed by atoms with Crippen molar-refractivity contribution in [3.63, 3.8) is 0 Å². The first kappa shape index (κ1) is 25.3. The first-order valence-corrected chi connectivity index (χ1v) is 13.5. The van der Waals surface area contributed by atoms with Crippen LogP contribution < -0.4 is 14.2 Å². The van der Waals surface area contributed by atoms with Gasteiger partial charge in [0.1, 0.15) is 23.5 Å². The number of rotatable bonds is 10. The molecular formula is C23H30N8O5S. The third-order valence-corrected chi connectivity index (χ3v) is 8.89. The van der Waals surface area contributed by atoms with Crippen LogP contribution in [0.1, 0.15) is 61.8 Å². The zero-order chi connectivity index (χ0) is 26.4. The molecular weight excluding hydrogens is 500 g/mol. The number of hydrogen-bond donors (Lipinski definition) is 1. The summed E-state index contributed by atoms with van der Waals surface area (Å²) >= 11 is 0. The van der Waals surface area contributed by atoms with Gasteiger partial charge in [0, 0.05) is 25.4 Å². The third-order valence-electron chi connectivity index (χ3n) is 7.19. The number of nitrogens with one attached hydrogen (secondary N) is 1. The van der Waals surface area contributed by atoms with Gasteiger partial charge in [-0.25, -0.2) is 18.4 Å². The van der Waals surface area contributed by atoms with E-state index in [0.29, 0.717) is 16.9 Å². The van der Waals surface area contributed by atoms with E-state index in [2.05, 4.69) is 34.9 Å². The highest BCUT2D eigenvalue weighted by atomic mass is 32.2. The van der Waals surface area contributed by atoms with Crippen LogP contribution in [0.4, 0.5) is 5.95 Å². The Labute approximate surface area is 215 Å². The molecule has 14 heteroatoms. The van der Waals surface area contributed by atoms with Gasteiger partial charge >= 0.3 is 0 Å². The molecule has 198 valence electrons. The van der Waals surface area contributed by atoms with Crippen LogP contribution in [-0.4, -0.2) is 69.7 Å². The van der Waals surface area contributed by atoms with Crippen molar-refractivity contribution in [3.05, 3.63) is 35.9 Å². The van der Waals surface area contributed by atoms with E-state index in [1.807, 2.05) is 6.92 Å². The van der Waals surface area contributed by atoms with Crippen molar-refractivity contribution in [2.75, 3.05) is 26.1 Å². The Balaban J connectivity index is 1.54. The van der Waals surface area contributed by atoms with Crippen LogP contribution in [0.2, 0.25) is 0 Å². The largest absolute Gasteiger partial charge is 0.479 e. The summed E-state index contributed by atoms with van der Waals surface area (Å²) in [6, 6.07) is 0. The van der Waals surface area contributed by atoms with E-state index in [-0.39, 0.29) is 29.5 Å². The Bertz CT molecular complexity index is 1360. The smallest absolute Gasteiger partial charge is 0.245 e. The minimum absolute atomic E-state index is 0.0234. The second-order valence-electron chi connectivity index (χ2n) is 9.69. The van der Waals surface area contributed by atoms with E-state index < -0.39 is 21.4 Å². The predicted molar refractivity (Wildman–Crippen MR) is 132 cm³/mol. The van der Waals surface area contributed by atoms with Gasteiger partial charge in [0.25, 0.3) is 0 Å². The first-order valence-electron chi connectivity index (χ1n) is 11.9. The Hall–Kier alpha value is -3.39. The lowest BCUT2D eigenvalue weighted by atomic mass is 9.71. The molecule has 3 heterocycles. The number of ether oxygens (including phenoxy) is 3. The van der Waals surface area contributed by atoms with E-state index in [9.17, 15) is 8.42 Å². The van der Waals surface area contributed by atoms with Crippen molar-refractivity contribution in [2.24, 2.45) is 5.41 Å². The minimum Gasteiger partial charge on any atom is -0.479 e. The van der Waals surface area contributed by atoms with Gasteiger partial charge in [-0.1, -0.05) is 0 Å². The zero-order valence-corrected chi connectivity index (χ0v) is 22.2. The summed E-state index contributed by atoms with van der Waals surface area (Å²) in [4.78, 5) is 16.9. The summed E-state index contributed by atoms with van der Waals surface area (Å²) in [6.45, 7) is 3.37. The molecule has 1 N–H and O–H groups in total. The highest BCUT2D eigenvalue weighted by Crippen LogP contribution is 2.66. The fraction of sp³-hybridized carbons (Fsp3) is 0.565. The average Bonchev–Trinajstić information content (AvgIpc) is 3.59. The van der Waals surface area contributed by atoms with Gasteiger partial charge in [-0.3, -0.25) is 9.29 Å². The van der Waals surface area contributed by atoms with Gasteiger partial charge in [0.05, 0.1) is 14.2 Å². The lowest BCUT2D eigenvalue weighted by molar-refractivity contribution is 0.0949. The van der Waals surface area contributed by atoms with Gasteiger partial charge < -0.3 is 14.2 Å². The number of sulfonamides is 1. The number of anilines is 1. The Morgan fingerprint density at radius 2 is 1.65 bits per heavy atom. The van der Waals surface area contributed by atoms with Crippen molar-refractivity contribution in [3.8, 4) is 17.4 Å². The van der Waals surface area contributed by atoms with Crippen LogP contribution in [0.5, 0.6) is 11.8 Å². The van der Waals surface area contributed by atoms with E-state index in [0.717, 1.165) is 18.4 Å². The maximum Gasteiger partial charge on any atom is 0.245 e. The molecule has 2 aliphatic rings. The minimum atomic E-state index is -4.06. The molecule has 0 aromatic carbocycles. The molecule has 2 unspecified atom stereocenters. The molecule has 0 bridgehead atoms. The van der Waals surface area contributed by atoms with Crippen LogP contribution in [0.3, 0.4) is 0 Å². The molecule has 2 aliphatic carbocycles. The number of hydrogen-bond acceptors (Lipinski definition) is 11. The number of nitrogens with zero attached hydrogens (tertiary/aromatic N) is 7. The number of aryl methyl sites for hydroxylation is 1. The summed E-state index contributed by atoms with van der Waals surface area (Å²) < 4.78 is 47.8. The fourth-order valence-electron chi connectivity index (χ4n) is 4.88. The highest BCUT2D eigenvalue weighted by molar-refractivity contribution is 7.93. The standard InChI is InChI=1S/C23H30N8O5S/c1-13-10-24-18(25-11-13)17(34-3)14(2)37(32,33)30-22-29-28-19(15-8-23(9-15)6-7-23)31(22)16-20(35-4)26-12-27-21(16)36-5/h10-12,14-15,17H,6-9H2,1-5H3,(H,29,30). The SMILES string of the molecule is COc1ncnc(OC)c1-n1c(NS(=O)(=O)C(C)C(OC)c2ncc(C)cn2)nnc1C1CC2(CC2)C1. The van der Waals surface area contributed by atoms with Crippen LogP contribution in [0.25, 0.3) is 5.69 Å². The maximum atomic E-state index is 13.6. The monoisotopic (exact) mass is 530 g/mol. The normalized spacial score (nSPS) is 18.2. The highest BCUT2D eigenvalue weighted by Gasteiger charge is 2.55. The summed E-state index contributed by atoms with van der Waals surface area (Å²) in [7, 11) is 0.287. The first-order chi connectivity index (χ1) is 17.7. The molecule has 3 aromatic heterocycles. The molecule has 2 atom stereocenters. The molecule has 0 amide bonds. The van der Waals surface area contributed by atoms with Crippen LogP contribution in [-0.2, 0) is 14.8 Å². The zero-order valence-electron chi connectivity index (χ0n) is 21.4. The predicted octanol–water partition coefficient (Wildman–Crippen LogP) is 2.35.